The number of hydrogen-bond acceptors (Lipinski definition) is 6. The van der Waals surface area contributed by atoms with Crippen molar-refractivity contribution in [3.8, 4) is 11.5 Å². The molecule has 3 rings (SSSR count). The van der Waals surface area contributed by atoms with E-state index in [4.69, 9.17) is 10.5 Å². The molecule has 0 bridgehead atoms. The van der Waals surface area contributed by atoms with Crippen LogP contribution in [0.4, 0.5) is 0 Å². The van der Waals surface area contributed by atoms with Crippen molar-refractivity contribution in [2.45, 2.75) is 41.9 Å². The molecule has 0 radical (unpaired) electrons. The number of halogens is 1. The molecule has 1 amide bonds. The summed E-state index contributed by atoms with van der Waals surface area (Å²) in [5, 5.41) is -0.261. The number of thiol groups is 1. The van der Waals surface area contributed by atoms with Crippen molar-refractivity contribution < 1.29 is 17.9 Å². The molecule has 176 valence electrons. The summed E-state index contributed by atoms with van der Waals surface area (Å²) in [6.45, 7) is 1.37. The molecule has 1 aliphatic rings. The molecule has 10 heteroatoms. The summed E-state index contributed by atoms with van der Waals surface area (Å²) in [5.74, 6) is 1.25. The quantitative estimate of drug-likeness (QED) is 0.344. The van der Waals surface area contributed by atoms with E-state index in [2.05, 4.69) is 17.4 Å². The Hall–Kier alpha value is -1.78. The minimum Gasteiger partial charge on any atom is -0.457 e. The zero-order chi connectivity index (χ0) is 22.3. The van der Waals surface area contributed by atoms with Crippen molar-refractivity contribution >= 4 is 41.0 Å². The van der Waals surface area contributed by atoms with Gasteiger partial charge >= 0.3 is 0 Å². The summed E-state index contributed by atoms with van der Waals surface area (Å²) in [6.07, 6.45) is 3.06. The van der Waals surface area contributed by atoms with Crippen molar-refractivity contribution in [3.63, 3.8) is 0 Å². The standard InChI is InChI=1S/C22H29N3O4S2.ClH/c23-14-6-2-5-9-22(26)25-15-20(21(30)16-25)24-31(27,28)19-12-10-18(11-13-19)29-17-7-3-1-4-8-17;/h1,3-4,7-8,10-13,20-21,24,30H,2,5-6,9,14-16,23H2;1H/t20-,21-;/m0./s1. The number of benzene rings is 2. The van der Waals surface area contributed by atoms with Gasteiger partial charge in [0.1, 0.15) is 11.5 Å². The highest BCUT2D eigenvalue weighted by atomic mass is 35.5. The van der Waals surface area contributed by atoms with E-state index in [1.165, 1.54) is 12.1 Å². The summed E-state index contributed by atoms with van der Waals surface area (Å²) in [5.41, 5.74) is 5.48. The molecule has 0 aliphatic carbocycles. The Balaban J connectivity index is 0.00000363. The molecule has 1 saturated heterocycles. The minimum atomic E-state index is -3.75. The minimum absolute atomic E-state index is 0. The molecule has 32 heavy (non-hydrogen) atoms. The van der Waals surface area contributed by atoms with Crippen molar-refractivity contribution in [2.24, 2.45) is 5.73 Å². The molecule has 1 fully saturated rings. The van der Waals surface area contributed by atoms with Gasteiger partial charge < -0.3 is 15.4 Å². The van der Waals surface area contributed by atoms with Gasteiger partial charge in [-0.3, -0.25) is 4.79 Å². The molecule has 0 spiro atoms. The van der Waals surface area contributed by atoms with Gasteiger partial charge in [0, 0.05) is 24.8 Å². The summed E-state index contributed by atoms with van der Waals surface area (Å²) in [7, 11) is -3.75. The van der Waals surface area contributed by atoms with E-state index in [0.717, 1.165) is 19.3 Å². The summed E-state index contributed by atoms with van der Waals surface area (Å²) in [6, 6.07) is 15.1. The van der Waals surface area contributed by atoms with Crippen molar-refractivity contribution in [3.05, 3.63) is 54.6 Å². The number of likely N-dealkylation sites (tertiary alicyclic amines) is 1. The Morgan fingerprint density at radius 2 is 1.69 bits per heavy atom. The number of hydrogen-bond donors (Lipinski definition) is 3. The molecule has 7 nitrogen and oxygen atoms in total. The van der Waals surface area contributed by atoms with Gasteiger partial charge in [0.2, 0.25) is 15.9 Å². The number of rotatable bonds is 10. The highest BCUT2D eigenvalue weighted by molar-refractivity contribution is 7.89. The van der Waals surface area contributed by atoms with E-state index in [9.17, 15) is 13.2 Å². The Bertz CT molecular complexity index is 959. The third-order valence-electron chi connectivity index (χ3n) is 5.16. The fourth-order valence-electron chi connectivity index (χ4n) is 3.44. The van der Waals surface area contributed by atoms with Gasteiger partial charge in [0.05, 0.1) is 10.9 Å². The molecule has 0 unspecified atom stereocenters. The van der Waals surface area contributed by atoms with Gasteiger partial charge in [0.25, 0.3) is 0 Å². The number of amides is 1. The third kappa shape index (κ3) is 7.38. The van der Waals surface area contributed by atoms with E-state index in [0.29, 0.717) is 37.6 Å². The van der Waals surface area contributed by atoms with Gasteiger partial charge in [-0.15, -0.1) is 12.4 Å². The molecule has 1 heterocycles. The summed E-state index contributed by atoms with van der Waals surface area (Å²) >= 11 is 4.50. The molecule has 2 aromatic rings. The molecular formula is C22H30ClN3O4S2. The van der Waals surface area contributed by atoms with Crippen molar-refractivity contribution in [1.82, 2.24) is 9.62 Å². The second kappa shape index (κ2) is 12.5. The number of sulfonamides is 1. The number of nitrogens with two attached hydrogens (primary N) is 1. The number of unbranched alkanes of at least 4 members (excludes halogenated alkanes) is 2. The molecule has 0 saturated carbocycles. The Labute approximate surface area is 201 Å². The average Bonchev–Trinajstić information content (AvgIpc) is 3.12. The van der Waals surface area contributed by atoms with Crippen LogP contribution in [0.2, 0.25) is 0 Å². The van der Waals surface area contributed by atoms with Crippen LogP contribution in [0.5, 0.6) is 11.5 Å². The predicted octanol–water partition coefficient (Wildman–Crippen LogP) is 3.21. The lowest BCUT2D eigenvalue weighted by atomic mass is 10.2. The summed E-state index contributed by atoms with van der Waals surface area (Å²) in [4.78, 5) is 14.2. The van der Waals surface area contributed by atoms with E-state index in [1.807, 2.05) is 30.3 Å². The van der Waals surface area contributed by atoms with Crippen LogP contribution in [-0.4, -0.2) is 50.2 Å². The predicted molar refractivity (Wildman–Crippen MR) is 131 cm³/mol. The number of para-hydroxylation sites is 1. The summed E-state index contributed by atoms with van der Waals surface area (Å²) < 4.78 is 34.0. The van der Waals surface area contributed by atoms with Crippen LogP contribution < -0.4 is 15.2 Å². The second-order valence-corrected chi connectivity index (χ2v) is 9.96. The first-order chi connectivity index (χ1) is 14.9. The van der Waals surface area contributed by atoms with Crippen molar-refractivity contribution in [1.29, 1.82) is 0 Å². The lowest BCUT2D eigenvalue weighted by Crippen LogP contribution is -2.41. The lowest BCUT2D eigenvalue weighted by molar-refractivity contribution is -0.130. The van der Waals surface area contributed by atoms with Crippen LogP contribution in [0.1, 0.15) is 25.7 Å². The van der Waals surface area contributed by atoms with Gasteiger partial charge in [0.15, 0.2) is 0 Å². The molecule has 2 atom stereocenters. The van der Waals surface area contributed by atoms with E-state index in [1.54, 1.807) is 17.0 Å². The number of nitrogens with zero attached hydrogens (tertiary/aromatic N) is 1. The third-order valence-corrected chi connectivity index (χ3v) is 7.18. The highest BCUT2D eigenvalue weighted by Crippen LogP contribution is 2.24. The Kier molecular flexibility index (Phi) is 10.3. The van der Waals surface area contributed by atoms with Gasteiger partial charge in [-0.05, 0) is 55.8 Å². The van der Waals surface area contributed by atoms with Crippen LogP contribution in [0.3, 0.4) is 0 Å². The lowest BCUT2D eigenvalue weighted by Gasteiger charge is -2.17. The van der Waals surface area contributed by atoms with Gasteiger partial charge in [-0.2, -0.15) is 12.6 Å². The maximum atomic E-state index is 12.8. The maximum absolute atomic E-state index is 12.8. The van der Waals surface area contributed by atoms with Crippen molar-refractivity contribution in [2.75, 3.05) is 19.6 Å². The zero-order valence-electron chi connectivity index (χ0n) is 17.7. The SMILES string of the molecule is Cl.NCCCCCC(=O)N1C[C@H](NS(=O)(=O)c2ccc(Oc3ccccc3)cc2)[C@@H](S)C1. The molecule has 2 aromatic carbocycles. The number of carbonyl (C=O) groups is 1. The van der Waals surface area contributed by atoms with Crippen LogP contribution in [0, 0.1) is 0 Å². The zero-order valence-corrected chi connectivity index (χ0v) is 20.2. The van der Waals surface area contributed by atoms with Gasteiger partial charge in [-0.25, -0.2) is 13.1 Å². The first kappa shape index (κ1) is 26.5. The van der Waals surface area contributed by atoms with Crippen LogP contribution in [-0.2, 0) is 14.8 Å². The normalized spacial score (nSPS) is 18.2. The molecule has 3 N–H and O–H groups in total. The smallest absolute Gasteiger partial charge is 0.240 e. The maximum Gasteiger partial charge on any atom is 0.240 e. The molecular weight excluding hydrogens is 470 g/mol. The second-order valence-electron chi connectivity index (χ2n) is 7.58. The van der Waals surface area contributed by atoms with Crippen LogP contribution in [0.25, 0.3) is 0 Å². The largest absolute Gasteiger partial charge is 0.457 e. The first-order valence-corrected chi connectivity index (χ1v) is 12.4. The fourth-order valence-corrected chi connectivity index (χ4v) is 5.17. The fraction of sp³-hybridized carbons (Fsp3) is 0.409. The molecule has 0 aromatic heterocycles. The molecule has 1 aliphatic heterocycles. The monoisotopic (exact) mass is 499 g/mol. The Morgan fingerprint density at radius 3 is 2.34 bits per heavy atom. The Morgan fingerprint density at radius 1 is 1.03 bits per heavy atom. The van der Waals surface area contributed by atoms with Crippen LogP contribution in [0.15, 0.2) is 59.5 Å². The first-order valence-electron chi connectivity index (χ1n) is 10.4. The topological polar surface area (TPSA) is 102 Å². The number of nitrogens with one attached hydrogen (secondary N) is 1. The highest BCUT2D eigenvalue weighted by Gasteiger charge is 2.35. The van der Waals surface area contributed by atoms with E-state index >= 15 is 0 Å². The van der Waals surface area contributed by atoms with E-state index < -0.39 is 16.1 Å². The average molecular weight is 500 g/mol. The number of ether oxygens (including phenoxy) is 1. The van der Waals surface area contributed by atoms with Crippen LogP contribution >= 0.6 is 25.0 Å². The van der Waals surface area contributed by atoms with Gasteiger partial charge in [-0.1, -0.05) is 24.6 Å². The van der Waals surface area contributed by atoms with E-state index in [-0.39, 0.29) is 28.5 Å². The number of carbonyl (C=O) groups excluding carboxylic acids is 1.